The molecule has 0 unspecified atom stereocenters. The fraction of sp³-hybridized carbons (Fsp3) is 0.222. The summed E-state index contributed by atoms with van der Waals surface area (Å²) in [7, 11) is 0.371. The second kappa shape index (κ2) is 3.11. The van der Waals surface area contributed by atoms with Crippen LogP contribution in [0.5, 0.6) is 0 Å². The molecule has 1 aromatic carbocycles. The Morgan fingerprint density at radius 3 is 2.71 bits per heavy atom. The monoisotopic (exact) mass is 190 g/mol. The standard InChI is InChI=1S/C9H11BN2O2/c1-6-7-4-3-5-8(10(13)14)9(7)11-12(6)2/h3-5,13-14H,1-2H3. The third-order valence-electron chi connectivity index (χ3n) is 2.47. The molecule has 0 radical (unpaired) electrons. The van der Waals surface area contributed by atoms with Gasteiger partial charge in [-0.05, 0) is 6.92 Å². The van der Waals surface area contributed by atoms with E-state index in [1.807, 2.05) is 20.0 Å². The van der Waals surface area contributed by atoms with Crippen molar-refractivity contribution in [2.45, 2.75) is 6.92 Å². The molecule has 2 rings (SSSR count). The second-order valence-corrected chi connectivity index (χ2v) is 3.33. The summed E-state index contributed by atoms with van der Waals surface area (Å²) in [5.41, 5.74) is 2.12. The van der Waals surface area contributed by atoms with Crippen molar-refractivity contribution in [2.75, 3.05) is 0 Å². The molecule has 1 aromatic heterocycles. The third-order valence-corrected chi connectivity index (χ3v) is 2.47. The fourth-order valence-corrected chi connectivity index (χ4v) is 1.57. The van der Waals surface area contributed by atoms with E-state index in [4.69, 9.17) is 10.0 Å². The second-order valence-electron chi connectivity index (χ2n) is 3.33. The van der Waals surface area contributed by atoms with E-state index < -0.39 is 7.12 Å². The van der Waals surface area contributed by atoms with Crippen molar-refractivity contribution in [1.29, 1.82) is 0 Å². The van der Waals surface area contributed by atoms with Gasteiger partial charge in [-0.1, -0.05) is 18.2 Å². The number of fused-ring (bicyclic) bond motifs is 1. The van der Waals surface area contributed by atoms with Crippen LogP contribution >= 0.6 is 0 Å². The van der Waals surface area contributed by atoms with Crippen molar-refractivity contribution in [2.24, 2.45) is 7.05 Å². The van der Waals surface area contributed by atoms with E-state index in [9.17, 15) is 0 Å². The van der Waals surface area contributed by atoms with Crippen LogP contribution in [0.3, 0.4) is 0 Å². The van der Waals surface area contributed by atoms with E-state index in [0.717, 1.165) is 11.1 Å². The lowest BCUT2D eigenvalue weighted by Crippen LogP contribution is -2.30. The van der Waals surface area contributed by atoms with Crippen LogP contribution in [0.2, 0.25) is 0 Å². The number of rotatable bonds is 1. The number of hydrogen-bond donors (Lipinski definition) is 2. The lowest BCUT2D eigenvalue weighted by Gasteiger charge is -1.98. The largest absolute Gasteiger partial charge is 0.490 e. The zero-order valence-electron chi connectivity index (χ0n) is 8.10. The number of hydrogen-bond acceptors (Lipinski definition) is 3. The Hall–Kier alpha value is -1.33. The summed E-state index contributed by atoms with van der Waals surface area (Å²) in [6.07, 6.45) is 0. The van der Waals surface area contributed by atoms with Crippen molar-refractivity contribution in [1.82, 2.24) is 9.78 Å². The van der Waals surface area contributed by atoms with Crippen molar-refractivity contribution in [3.8, 4) is 0 Å². The van der Waals surface area contributed by atoms with Gasteiger partial charge >= 0.3 is 7.12 Å². The summed E-state index contributed by atoms with van der Waals surface area (Å²) < 4.78 is 1.73. The Labute approximate surface area is 81.9 Å². The van der Waals surface area contributed by atoms with Gasteiger partial charge < -0.3 is 10.0 Å². The maximum atomic E-state index is 9.13. The van der Waals surface area contributed by atoms with Crippen molar-refractivity contribution >= 4 is 23.5 Å². The Balaban J connectivity index is 2.81. The van der Waals surface area contributed by atoms with Gasteiger partial charge in [0.1, 0.15) is 0 Å². The molecule has 4 nitrogen and oxygen atoms in total. The first kappa shape index (κ1) is 9.24. The predicted octanol–water partition coefficient (Wildman–Crippen LogP) is -0.438. The predicted molar refractivity (Wildman–Crippen MR) is 55.3 cm³/mol. The summed E-state index contributed by atoms with van der Waals surface area (Å²) in [5, 5.41) is 23.4. The number of nitrogens with zero attached hydrogens (tertiary/aromatic N) is 2. The molecule has 0 saturated carbocycles. The molecule has 0 bridgehead atoms. The van der Waals surface area contributed by atoms with E-state index >= 15 is 0 Å². The molecule has 0 amide bonds. The van der Waals surface area contributed by atoms with E-state index in [1.54, 1.807) is 16.8 Å². The minimum Gasteiger partial charge on any atom is -0.423 e. The highest BCUT2D eigenvalue weighted by Gasteiger charge is 2.17. The van der Waals surface area contributed by atoms with Crippen LogP contribution < -0.4 is 5.46 Å². The normalized spacial score (nSPS) is 10.9. The number of aromatic nitrogens is 2. The summed E-state index contributed by atoms with van der Waals surface area (Å²) in [5.74, 6) is 0. The zero-order valence-corrected chi connectivity index (χ0v) is 8.10. The van der Waals surface area contributed by atoms with Crippen molar-refractivity contribution < 1.29 is 10.0 Å². The molecular formula is C9H11BN2O2. The van der Waals surface area contributed by atoms with Crippen LogP contribution in [0.1, 0.15) is 5.69 Å². The first-order chi connectivity index (χ1) is 6.61. The first-order valence-electron chi connectivity index (χ1n) is 4.39. The Morgan fingerprint density at radius 1 is 1.36 bits per heavy atom. The number of benzene rings is 1. The van der Waals surface area contributed by atoms with Crippen LogP contribution in [-0.2, 0) is 7.05 Å². The van der Waals surface area contributed by atoms with Crippen molar-refractivity contribution in [3.05, 3.63) is 23.9 Å². The summed E-state index contributed by atoms with van der Waals surface area (Å²) >= 11 is 0. The molecule has 14 heavy (non-hydrogen) atoms. The van der Waals surface area contributed by atoms with Crippen LogP contribution in [0, 0.1) is 6.92 Å². The third kappa shape index (κ3) is 1.22. The summed E-state index contributed by atoms with van der Waals surface area (Å²) in [4.78, 5) is 0. The molecule has 0 saturated heterocycles. The first-order valence-corrected chi connectivity index (χ1v) is 4.39. The lowest BCUT2D eigenvalue weighted by atomic mass is 9.79. The number of aryl methyl sites for hydroxylation is 2. The average Bonchev–Trinajstić information content (AvgIpc) is 2.43. The Morgan fingerprint density at radius 2 is 2.07 bits per heavy atom. The zero-order chi connectivity index (χ0) is 10.3. The van der Waals surface area contributed by atoms with Gasteiger partial charge in [-0.15, -0.1) is 0 Å². The lowest BCUT2D eigenvalue weighted by molar-refractivity contribution is 0.426. The van der Waals surface area contributed by atoms with E-state index in [2.05, 4.69) is 5.10 Å². The van der Waals surface area contributed by atoms with Crippen LogP contribution in [0.4, 0.5) is 0 Å². The maximum absolute atomic E-state index is 9.13. The van der Waals surface area contributed by atoms with Gasteiger partial charge in [0.2, 0.25) is 0 Å². The minimum atomic E-state index is -1.46. The smallest absolute Gasteiger partial charge is 0.423 e. The molecule has 0 aliphatic heterocycles. The molecule has 0 aliphatic rings. The maximum Gasteiger partial charge on any atom is 0.490 e. The fourth-order valence-electron chi connectivity index (χ4n) is 1.57. The van der Waals surface area contributed by atoms with Gasteiger partial charge in [0.05, 0.1) is 5.52 Å². The SMILES string of the molecule is Cc1c2cccc(B(O)O)c2nn1C. The summed E-state index contributed by atoms with van der Waals surface area (Å²) in [6.45, 7) is 1.95. The molecule has 72 valence electrons. The molecule has 0 spiro atoms. The molecule has 0 atom stereocenters. The van der Waals surface area contributed by atoms with E-state index in [-0.39, 0.29) is 0 Å². The van der Waals surface area contributed by atoms with Crippen molar-refractivity contribution in [3.63, 3.8) is 0 Å². The molecule has 0 fully saturated rings. The van der Waals surface area contributed by atoms with Gasteiger partial charge in [0.15, 0.2) is 0 Å². The average molecular weight is 190 g/mol. The van der Waals surface area contributed by atoms with Gasteiger partial charge in [-0.3, -0.25) is 4.68 Å². The Bertz CT molecular complexity index is 479. The highest BCUT2D eigenvalue weighted by Crippen LogP contribution is 2.14. The molecule has 1 heterocycles. The highest BCUT2D eigenvalue weighted by atomic mass is 16.4. The van der Waals surface area contributed by atoms with Crippen LogP contribution in [0.15, 0.2) is 18.2 Å². The highest BCUT2D eigenvalue weighted by molar-refractivity contribution is 6.61. The molecule has 2 N–H and O–H groups in total. The quantitative estimate of drug-likeness (QED) is 0.599. The molecule has 5 heteroatoms. The molecule has 2 aromatic rings. The van der Waals surface area contributed by atoms with Gasteiger partial charge in [0.25, 0.3) is 0 Å². The minimum absolute atomic E-state index is 0.450. The van der Waals surface area contributed by atoms with Gasteiger partial charge in [0, 0.05) is 23.6 Å². The summed E-state index contributed by atoms with van der Waals surface area (Å²) in [6, 6.07) is 5.38. The van der Waals surface area contributed by atoms with Crippen LogP contribution in [0.25, 0.3) is 10.9 Å². The van der Waals surface area contributed by atoms with E-state index in [1.165, 1.54) is 0 Å². The Kier molecular flexibility index (Phi) is 2.05. The van der Waals surface area contributed by atoms with E-state index in [0.29, 0.717) is 11.0 Å². The molecular weight excluding hydrogens is 179 g/mol. The van der Waals surface area contributed by atoms with Gasteiger partial charge in [-0.25, -0.2) is 0 Å². The van der Waals surface area contributed by atoms with Crippen LogP contribution in [-0.4, -0.2) is 26.9 Å². The molecule has 0 aliphatic carbocycles. The van der Waals surface area contributed by atoms with Gasteiger partial charge in [-0.2, -0.15) is 5.10 Å². The topological polar surface area (TPSA) is 58.3 Å².